The van der Waals surface area contributed by atoms with Gasteiger partial charge in [0.25, 0.3) is 0 Å². The summed E-state index contributed by atoms with van der Waals surface area (Å²) in [5.41, 5.74) is 0.580. The predicted molar refractivity (Wildman–Crippen MR) is 37.5 cm³/mol. The summed E-state index contributed by atoms with van der Waals surface area (Å²) in [5.74, 6) is -0.772. The standard InChI is InChI=1S/C8H6FNO/c1-5-6(4-10)2-7(9)3-8(5)11/h2-3,11H,1H3. The van der Waals surface area contributed by atoms with Gasteiger partial charge in [-0.2, -0.15) is 5.26 Å². The van der Waals surface area contributed by atoms with E-state index in [1.807, 2.05) is 0 Å². The molecule has 2 nitrogen and oxygen atoms in total. The third kappa shape index (κ3) is 1.30. The molecule has 0 heterocycles. The lowest BCUT2D eigenvalue weighted by molar-refractivity contribution is 0.464. The van der Waals surface area contributed by atoms with Gasteiger partial charge >= 0.3 is 0 Å². The number of nitriles is 1. The Kier molecular flexibility index (Phi) is 1.77. The Hall–Kier alpha value is -1.56. The van der Waals surface area contributed by atoms with Crippen LogP contribution < -0.4 is 0 Å². The smallest absolute Gasteiger partial charge is 0.128 e. The Labute approximate surface area is 63.5 Å². The third-order valence-corrected chi connectivity index (χ3v) is 1.47. The van der Waals surface area contributed by atoms with Gasteiger partial charge in [0.05, 0.1) is 11.6 Å². The van der Waals surface area contributed by atoms with E-state index in [4.69, 9.17) is 10.4 Å². The minimum absolute atomic E-state index is 0.169. The summed E-state index contributed by atoms with van der Waals surface area (Å²) < 4.78 is 12.5. The van der Waals surface area contributed by atoms with Crippen LogP contribution in [0.4, 0.5) is 4.39 Å². The highest BCUT2D eigenvalue weighted by atomic mass is 19.1. The number of rotatable bonds is 0. The molecular weight excluding hydrogens is 145 g/mol. The van der Waals surface area contributed by atoms with Crippen molar-refractivity contribution in [1.82, 2.24) is 0 Å². The monoisotopic (exact) mass is 151 g/mol. The topological polar surface area (TPSA) is 44.0 Å². The molecule has 3 heteroatoms. The van der Waals surface area contributed by atoms with Crippen LogP contribution in [0.15, 0.2) is 12.1 Å². The zero-order chi connectivity index (χ0) is 8.43. The summed E-state index contributed by atoms with van der Waals surface area (Å²) in [7, 11) is 0. The molecule has 0 atom stereocenters. The number of hydrogen-bond acceptors (Lipinski definition) is 2. The maximum Gasteiger partial charge on any atom is 0.128 e. The highest BCUT2D eigenvalue weighted by Gasteiger charge is 2.04. The molecule has 1 rings (SSSR count). The lowest BCUT2D eigenvalue weighted by atomic mass is 10.1. The van der Waals surface area contributed by atoms with Gasteiger partial charge in [-0.25, -0.2) is 4.39 Å². The van der Waals surface area contributed by atoms with Crippen molar-refractivity contribution in [2.75, 3.05) is 0 Å². The van der Waals surface area contributed by atoms with Gasteiger partial charge in [-0.1, -0.05) is 0 Å². The van der Waals surface area contributed by atoms with Gasteiger partial charge in [-0.3, -0.25) is 0 Å². The molecule has 0 aliphatic heterocycles. The van der Waals surface area contributed by atoms with Crippen molar-refractivity contribution in [2.45, 2.75) is 6.92 Å². The Morgan fingerprint density at radius 1 is 1.55 bits per heavy atom. The Balaban J connectivity index is 3.39. The van der Waals surface area contributed by atoms with Crippen LogP contribution in [0, 0.1) is 24.1 Å². The van der Waals surface area contributed by atoms with Crippen molar-refractivity contribution in [3.05, 3.63) is 29.1 Å². The van der Waals surface area contributed by atoms with Crippen molar-refractivity contribution in [2.24, 2.45) is 0 Å². The number of nitrogens with zero attached hydrogens (tertiary/aromatic N) is 1. The lowest BCUT2D eigenvalue weighted by Gasteiger charge is -1.99. The fourth-order valence-electron chi connectivity index (χ4n) is 0.781. The third-order valence-electron chi connectivity index (χ3n) is 1.47. The van der Waals surface area contributed by atoms with Crippen LogP contribution in [-0.4, -0.2) is 5.11 Å². The van der Waals surface area contributed by atoms with E-state index in [0.29, 0.717) is 5.56 Å². The average Bonchev–Trinajstić information content (AvgIpc) is 1.96. The summed E-state index contributed by atoms with van der Waals surface area (Å²) in [4.78, 5) is 0. The zero-order valence-corrected chi connectivity index (χ0v) is 5.93. The largest absolute Gasteiger partial charge is 0.508 e. The lowest BCUT2D eigenvalue weighted by Crippen LogP contribution is -1.85. The maximum atomic E-state index is 12.5. The molecule has 11 heavy (non-hydrogen) atoms. The quantitative estimate of drug-likeness (QED) is 0.613. The van der Waals surface area contributed by atoms with Crippen LogP contribution in [0.3, 0.4) is 0 Å². The summed E-state index contributed by atoms with van der Waals surface area (Å²) in [5, 5.41) is 17.5. The zero-order valence-electron chi connectivity index (χ0n) is 5.93. The number of phenolic OH excluding ortho intramolecular Hbond substituents is 1. The van der Waals surface area contributed by atoms with Gasteiger partial charge in [-0.05, 0) is 13.0 Å². The van der Waals surface area contributed by atoms with E-state index in [2.05, 4.69) is 0 Å². The van der Waals surface area contributed by atoms with Crippen LogP contribution in [-0.2, 0) is 0 Å². The SMILES string of the molecule is Cc1c(O)cc(F)cc1C#N. The van der Waals surface area contributed by atoms with Crippen LogP contribution in [0.25, 0.3) is 0 Å². The van der Waals surface area contributed by atoms with Crippen LogP contribution in [0.5, 0.6) is 5.75 Å². The fraction of sp³-hybridized carbons (Fsp3) is 0.125. The molecule has 0 aliphatic rings. The molecular formula is C8H6FNO. The number of hydrogen-bond donors (Lipinski definition) is 1. The second-order valence-corrected chi connectivity index (χ2v) is 2.21. The molecule has 0 aromatic heterocycles. The summed E-state index contributed by atoms with van der Waals surface area (Å²) in [6.45, 7) is 1.56. The minimum Gasteiger partial charge on any atom is -0.508 e. The Morgan fingerprint density at radius 3 is 2.73 bits per heavy atom. The molecule has 0 bridgehead atoms. The summed E-state index contributed by atoms with van der Waals surface area (Å²) in [6, 6.07) is 3.85. The first-order valence-corrected chi connectivity index (χ1v) is 3.04. The van der Waals surface area contributed by atoms with Gasteiger partial charge in [0.15, 0.2) is 0 Å². The van der Waals surface area contributed by atoms with Crippen molar-refractivity contribution in [1.29, 1.82) is 5.26 Å². The van der Waals surface area contributed by atoms with Crippen LogP contribution in [0.2, 0.25) is 0 Å². The molecule has 0 aliphatic carbocycles. The van der Waals surface area contributed by atoms with Crippen LogP contribution in [0.1, 0.15) is 11.1 Å². The van der Waals surface area contributed by atoms with Crippen molar-refractivity contribution in [3.63, 3.8) is 0 Å². The second-order valence-electron chi connectivity index (χ2n) is 2.21. The predicted octanol–water partition coefficient (Wildman–Crippen LogP) is 1.71. The van der Waals surface area contributed by atoms with E-state index in [-0.39, 0.29) is 11.3 Å². The molecule has 0 amide bonds. The maximum absolute atomic E-state index is 12.5. The first-order valence-electron chi connectivity index (χ1n) is 3.04. The van der Waals surface area contributed by atoms with Gasteiger partial charge in [0.1, 0.15) is 11.6 Å². The molecule has 0 spiro atoms. The number of halogens is 1. The number of aromatic hydroxyl groups is 1. The van der Waals surface area contributed by atoms with E-state index in [1.165, 1.54) is 0 Å². The van der Waals surface area contributed by atoms with Crippen molar-refractivity contribution in [3.8, 4) is 11.8 Å². The molecule has 1 N–H and O–H groups in total. The number of benzene rings is 1. The van der Waals surface area contributed by atoms with Gasteiger partial charge < -0.3 is 5.11 Å². The Morgan fingerprint density at radius 2 is 2.18 bits per heavy atom. The second kappa shape index (κ2) is 2.59. The average molecular weight is 151 g/mol. The normalized spacial score (nSPS) is 9.18. The van der Waals surface area contributed by atoms with E-state index < -0.39 is 5.82 Å². The van der Waals surface area contributed by atoms with Gasteiger partial charge in [-0.15, -0.1) is 0 Å². The van der Waals surface area contributed by atoms with E-state index in [1.54, 1.807) is 13.0 Å². The van der Waals surface area contributed by atoms with Crippen molar-refractivity contribution < 1.29 is 9.50 Å². The van der Waals surface area contributed by atoms with E-state index >= 15 is 0 Å². The highest BCUT2D eigenvalue weighted by molar-refractivity contribution is 5.45. The highest BCUT2D eigenvalue weighted by Crippen LogP contribution is 2.20. The summed E-state index contributed by atoms with van der Waals surface area (Å²) in [6.07, 6.45) is 0. The molecule has 0 unspecified atom stereocenters. The first-order chi connectivity index (χ1) is 5.15. The molecule has 56 valence electrons. The van der Waals surface area contributed by atoms with E-state index in [0.717, 1.165) is 12.1 Å². The molecule has 0 saturated heterocycles. The first kappa shape index (κ1) is 7.55. The minimum atomic E-state index is -0.593. The molecule has 1 aromatic rings. The Bertz CT molecular complexity index is 328. The molecule has 1 aromatic carbocycles. The van der Waals surface area contributed by atoms with Gasteiger partial charge in [0.2, 0.25) is 0 Å². The summed E-state index contributed by atoms with van der Waals surface area (Å²) >= 11 is 0. The number of phenols is 1. The molecule has 0 saturated carbocycles. The molecule has 0 radical (unpaired) electrons. The van der Waals surface area contributed by atoms with Crippen LogP contribution >= 0.6 is 0 Å². The van der Waals surface area contributed by atoms with Gasteiger partial charge in [0, 0.05) is 11.6 Å². The molecule has 0 fully saturated rings. The van der Waals surface area contributed by atoms with E-state index in [9.17, 15) is 4.39 Å². The fourth-order valence-corrected chi connectivity index (χ4v) is 0.781. The van der Waals surface area contributed by atoms with Crippen molar-refractivity contribution >= 4 is 0 Å².